The molecule has 0 aliphatic heterocycles. The fourth-order valence-corrected chi connectivity index (χ4v) is 1.88. The summed E-state index contributed by atoms with van der Waals surface area (Å²) < 4.78 is 31.7. The molecule has 0 fully saturated rings. The van der Waals surface area contributed by atoms with Gasteiger partial charge in [-0.1, -0.05) is 13.3 Å². The lowest BCUT2D eigenvalue weighted by Gasteiger charge is -2.09. The second-order valence-electron chi connectivity index (χ2n) is 4.47. The number of benzene rings is 1. The molecule has 0 saturated carbocycles. The van der Waals surface area contributed by atoms with Gasteiger partial charge in [0.15, 0.2) is 0 Å². The monoisotopic (exact) mass is 278 g/mol. The first-order valence-electron chi connectivity index (χ1n) is 6.44. The van der Waals surface area contributed by atoms with Crippen LogP contribution in [0.1, 0.15) is 24.6 Å². The number of rotatable bonds is 5. The zero-order valence-corrected chi connectivity index (χ0v) is 11.2. The lowest BCUT2D eigenvalue weighted by atomic mass is 10.1. The van der Waals surface area contributed by atoms with E-state index in [4.69, 9.17) is 10.5 Å². The standard InChI is InChI=1S/C15H16F2N2O/c1-2-3-13-4-10(9-18)5-15(19-13)20-14-7-11(16)6-12(17)8-14/h4-8H,2-3,9,18H2,1H3. The molecule has 1 aromatic carbocycles. The Labute approximate surface area is 116 Å². The normalized spacial score (nSPS) is 10.6. The molecule has 2 rings (SSSR count). The van der Waals surface area contributed by atoms with Crippen molar-refractivity contribution in [1.82, 2.24) is 4.98 Å². The maximum Gasteiger partial charge on any atom is 0.219 e. The van der Waals surface area contributed by atoms with Crippen LogP contribution < -0.4 is 10.5 Å². The topological polar surface area (TPSA) is 48.1 Å². The lowest BCUT2D eigenvalue weighted by Crippen LogP contribution is -2.01. The van der Waals surface area contributed by atoms with Gasteiger partial charge in [0.1, 0.15) is 17.4 Å². The van der Waals surface area contributed by atoms with E-state index >= 15 is 0 Å². The van der Waals surface area contributed by atoms with Gasteiger partial charge in [0.25, 0.3) is 0 Å². The van der Waals surface area contributed by atoms with Crippen LogP contribution in [0.4, 0.5) is 8.78 Å². The van der Waals surface area contributed by atoms with E-state index in [9.17, 15) is 8.78 Å². The van der Waals surface area contributed by atoms with Gasteiger partial charge in [0.2, 0.25) is 5.88 Å². The Balaban J connectivity index is 2.29. The second-order valence-corrected chi connectivity index (χ2v) is 4.47. The van der Waals surface area contributed by atoms with Crippen LogP contribution in [0.3, 0.4) is 0 Å². The summed E-state index contributed by atoms with van der Waals surface area (Å²) in [4.78, 5) is 4.30. The van der Waals surface area contributed by atoms with Crippen molar-refractivity contribution in [1.29, 1.82) is 0 Å². The minimum Gasteiger partial charge on any atom is -0.439 e. The summed E-state index contributed by atoms with van der Waals surface area (Å²) in [5.74, 6) is -1.01. The van der Waals surface area contributed by atoms with Crippen LogP contribution >= 0.6 is 0 Å². The molecule has 5 heteroatoms. The van der Waals surface area contributed by atoms with Crippen LogP contribution in [0.5, 0.6) is 11.6 Å². The average Bonchev–Trinajstić information content (AvgIpc) is 2.37. The van der Waals surface area contributed by atoms with E-state index in [0.717, 1.165) is 42.3 Å². The summed E-state index contributed by atoms with van der Waals surface area (Å²) in [7, 11) is 0. The summed E-state index contributed by atoms with van der Waals surface area (Å²) in [6.45, 7) is 2.40. The molecule has 2 N–H and O–H groups in total. The number of ether oxygens (including phenoxy) is 1. The van der Waals surface area contributed by atoms with Crippen LogP contribution in [-0.4, -0.2) is 4.98 Å². The number of nitrogens with zero attached hydrogens (tertiary/aromatic N) is 1. The number of hydrogen-bond acceptors (Lipinski definition) is 3. The highest BCUT2D eigenvalue weighted by Crippen LogP contribution is 2.23. The molecule has 20 heavy (non-hydrogen) atoms. The molecule has 0 aliphatic carbocycles. The molecule has 1 aromatic heterocycles. The maximum absolute atomic E-state index is 13.1. The number of halogens is 2. The third-order valence-electron chi connectivity index (χ3n) is 2.72. The van der Waals surface area contributed by atoms with Crippen LogP contribution in [-0.2, 0) is 13.0 Å². The number of aryl methyl sites for hydroxylation is 1. The Bertz CT molecular complexity index is 582. The van der Waals surface area contributed by atoms with Crippen LogP contribution in [0.2, 0.25) is 0 Å². The molecule has 0 unspecified atom stereocenters. The lowest BCUT2D eigenvalue weighted by molar-refractivity contribution is 0.448. The van der Waals surface area contributed by atoms with Crippen molar-refractivity contribution in [2.75, 3.05) is 0 Å². The Kier molecular flexibility index (Phi) is 4.63. The Morgan fingerprint density at radius 3 is 2.40 bits per heavy atom. The Morgan fingerprint density at radius 2 is 1.80 bits per heavy atom. The van der Waals surface area contributed by atoms with Crippen molar-refractivity contribution in [3.63, 3.8) is 0 Å². The first kappa shape index (κ1) is 14.4. The molecule has 0 spiro atoms. The molecular weight excluding hydrogens is 262 g/mol. The molecule has 3 nitrogen and oxygen atoms in total. The predicted octanol–water partition coefficient (Wildman–Crippen LogP) is 3.56. The van der Waals surface area contributed by atoms with Crippen molar-refractivity contribution in [2.24, 2.45) is 5.73 Å². The number of nitrogens with two attached hydrogens (primary N) is 1. The molecule has 106 valence electrons. The molecule has 1 heterocycles. The predicted molar refractivity (Wildman–Crippen MR) is 72.6 cm³/mol. The molecule has 0 saturated heterocycles. The van der Waals surface area contributed by atoms with Gasteiger partial charge in [0, 0.05) is 36.5 Å². The minimum absolute atomic E-state index is 0.0756. The highest BCUT2D eigenvalue weighted by molar-refractivity contribution is 5.31. The second kappa shape index (κ2) is 6.43. The van der Waals surface area contributed by atoms with Crippen molar-refractivity contribution < 1.29 is 13.5 Å². The third-order valence-corrected chi connectivity index (χ3v) is 2.72. The first-order valence-corrected chi connectivity index (χ1v) is 6.44. The molecule has 0 bridgehead atoms. The van der Waals surface area contributed by atoms with Crippen molar-refractivity contribution in [3.8, 4) is 11.6 Å². The van der Waals surface area contributed by atoms with Gasteiger partial charge in [-0.3, -0.25) is 0 Å². The van der Waals surface area contributed by atoms with Crippen LogP contribution in [0.25, 0.3) is 0 Å². The van der Waals surface area contributed by atoms with Crippen LogP contribution in [0.15, 0.2) is 30.3 Å². The number of pyridine rings is 1. The average molecular weight is 278 g/mol. The Hall–Kier alpha value is -2.01. The largest absolute Gasteiger partial charge is 0.439 e. The fraction of sp³-hybridized carbons (Fsp3) is 0.267. The zero-order valence-electron chi connectivity index (χ0n) is 11.2. The molecule has 0 radical (unpaired) electrons. The summed E-state index contributed by atoms with van der Waals surface area (Å²) in [5.41, 5.74) is 7.34. The van der Waals surface area contributed by atoms with E-state index in [2.05, 4.69) is 4.98 Å². The number of aromatic nitrogens is 1. The zero-order chi connectivity index (χ0) is 14.5. The molecule has 0 atom stereocenters. The van der Waals surface area contributed by atoms with E-state index < -0.39 is 11.6 Å². The summed E-state index contributed by atoms with van der Waals surface area (Å²) in [5, 5.41) is 0. The van der Waals surface area contributed by atoms with E-state index in [1.807, 2.05) is 13.0 Å². The third kappa shape index (κ3) is 3.74. The van der Waals surface area contributed by atoms with E-state index in [0.29, 0.717) is 12.4 Å². The van der Waals surface area contributed by atoms with Crippen molar-refractivity contribution in [3.05, 3.63) is 53.2 Å². The van der Waals surface area contributed by atoms with Gasteiger partial charge in [-0.05, 0) is 18.1 Å². The van der Waals surface area contributed by atoms with Gasteiger partial charge in [-0.25, -0.2) is 13.8 Å². The summed E-state index contributed by atoms with van der Waals surface area (Å²) >= 11 is 0. The fourth-order valence-electron chi connectivity index (χ4n) is 1.88. The Morgan fingerprint density at radius 1 is 1.10 bits per heavy atom. The quantitative estimate of drug-likeness (QED) is 0.909. The summed E-state index contributed by atoms with van der Waals surface area (Å²) in [6, 6.07) is 6.59. The van der Waals surface area contributed by atoms with E-state index in [-0.39, 0.29) is 5.75 Å². The molecule has 0 amide bonds. The highest BCUT2D eigenvalue weighted by Gasteiger charge is 2.07. The van der Waals surface area contributed by atoms with Crippen molar-refractivity contribution >= 4 is 0 Å². The SMILES string of the molecule is CCCc1cc(CN)cc(Oc2cc(F)cc(F)c2)n1. The molecule has 2 aromatic rings. The van der Waals surface area contributed by atoms with Gasteiger partial charge < -0.3 is 10.5 Å². The molecular formula is C15H16F2N2O. The summed E-state index contributed by atoms with van der Waals surface area (Å²) in [6.07, 6.45) is 1.73. The van der Waals surface area contributed by atoms with Crippen LogP contribution in [0, 0.1) is 11.6 Å². The van der Waals surface area contributed by atoms with E-state index in [1.54, 1.807) is 6.07 Å². The molecule has 0 aliphatic rings. The van der Waals surface area contributed by atoms with Gasteiger partial charge in [-0.15, -0.1) is 0 Å². The van der Waals surface area contributed by atoms with E-state index in [1.165, 1.54) is 0 Å². The minimum atomic E-state index is -0.691. The van der Waals surface area contributed by atoms with Crippen molar-refractivity contribution in [2.45, 2.75) is 26.3 Å². The van der Waals surface area contributed by atoms with Gasteiger partial charge >= 0.3 is 0 Å². The number of hydrogen-bond donors (Lipinski definition) is 1. The van der Waals surface area contributed by atoms with Gasteiger partial charge in [-0.2, -0.15) is 0 Å². The highest BCUT2D eigenvalue weighted by atomic mass is 19.1. The van der Waals surface area contributed by atoms with Gasteiger partial charge in [0.05, 0.1) is 0 Å². The maximum atomic E-state index is 13.1. The first-order chi connectivity index (χ1) is 9.60. The smallest absolute Gasteiger partial charge is 0.219 e.